The summed E-state index contributed by atoms with van der Waals surface area (Å²) in [4.78, 5) is 0. The fraction of sp³-hybridized carbons (Fsp3) is 0.625. The van der Waals surface area contributed by atoms with Gasteiger partial charge in [-0.2, -0.15) is 0 Å². The molecule has 15 heavy (non-hydrogen) atoms. The molecule has 84 valence electrons. The SMILES string of the molecule is CCC(CC(N)=NO)Sc1nnc(C)o1. The quantitative estimate of drug-likeness (QED) is 0.261. The van der Waals surface area contributed by atoms with Gasteiger partial charge in [-0.25, -0.2) is 0 Å². The van der Waals surface area contributed by atoms with Gasteiger partial charge in [0.05, 0.1) is 0 Å². The molecule has 0 aliphatic rings. The van der Waals surface area contributed by atoms with Gasteiger partial charge < -0.3 is 15.4 Å². The maximum absolute atomic E-state index is 8.45. The van der Waals surface area contributed by atoms with Crippen molar-refractivity contribution in [3.8, 4) is 0 Å². The lowest BCUT2D eigenvalue weighted by Gasteiger charge is -2.09. The van der Waals surface area contributed by atoms with Gasteiger partial charge in [0.25, 0.3) is 5.22 Å². The molecule has 1 rings (SSSR count). The van der Waals surface area contributed by atoms with E-state index in [4.69, 9.17) is 15.4 Å². The van der Waals surface area contributed by atoms with E-state index in [1.165, 1.54) is 11.8 Å². The summed E-state index contributed by atoms with van der Waals surface area (Å²) in [5, 5.41) is 19.7. The van der Waals surface area contributed by atoms with Crippen LogP contribution >= 0.6 is 11.8 Å². The third kappa shape index (κ3) is 3.78. The number of hydrogen-bond donors (Lipinski definition) is 2. The smallest absolute Gasteiger partial charge is 0.276 e. The average Bonchev–Trinajstić information content (AvgIpc) is 2.62. The number of rotatable bonds is 5. The van der Waals surface area contributed by atoms with Crippen molar-refractivity contribution in [3.63, 3.8) is 0 Å². The Morgan fingerprint density at radius 2 is 2.40 bits per heavy atom. The van der Waals surface area contributed by atoms with Crippen molar-refractivity contribution in [2.24, 2.45) is 10.9 Å². The Hall–Kier alpha value is -1.24. The number of aryl methyl sites for hydroxylation is 1. The largest absolute Gasteiger partial charge is 0.416 e. The Kier molecular flexibility index (Phi) is 4.41. The van der Waals surface area contributed by atoms with Gasteiger partial charge >= 0.3 is 0 Å². The zero-order chi connectivity index (χ0) is 11.3. The molecule has 0 aromatic carbocycles. The van der Waals surface area contributed by atoms with Crippen LogP contribution in [0, 0.1) is 6.92 Å². The highest BCUT2D eigenvalue weighted by atomic mass is 32.2. The van der Waals surface area contributed by atoms with E-state index in [0.717, 1.165) is 6.42 Å². The molecule has 0 aliphatic carbocycles. The molecule has 0 bridgehead atoms. The van der Waals surface area contributed by atoms with Gasteiger partial charge in [0.15, 0.2) is 0 Å². The number of nitrogens with zero attached hydrogens (tertiary/aromatic N) is 3. The van der Waals surface area contributed by atoms with Crippen molar-refractivity contribution >= 4 is 17.6 Å². The van der Waals surface area contributed by atoms with E-state index in [2.05, 4.69) is 15.4 Å². The molecule has 0 saturated heterocycles. The zero-order valence-corrected chi connectivity index (χ0v) is 9.49. The number of hydrogen-bond acceptors (Lipinski definition) is 6. The summed E-state index contributed by atoms with van der Waals surface area (Å²) < 4.78 is 5.23. The first kappa shape index (κ1) is 11.8. The maximum atomic E-state index is 8.45. The molecule has 1 aromatic heterocycles. The highest BCUT2D eigenvalue weighted by molar-refractivity contribution is 7.99. The average molecular weight is 230 g/mol. The van der Waals surface area contributed by atoms with Crippen LogP contribution in [-0.4, -0.2) is 26.5 Å². The van der Waals surface area contributed by atoms with Crippen molar-refractivity contribution in [2.75, 3.05) is 0 Å². The van der Waals surface area contributed by atoms with E-state index in [0.29, 0.717) is 17.5 Å². The predicted molar refractivity (Wildman–Crippen MR) is 57.0 cm³/mol. The van der Waals surface area contributed by atoms with Crippen LogP contribution in [0.4, 0.5) is 0 Å². The van der Waals surface area contributed by atoms with E-state index in [-0.39, 0.29) is 11.1 Å². The van der Waals surface area contributed by atoms with Gasteiger partial charge in [0.1, 0.15) is 5.84 Å². The predicted octanol–water partition coefficient (Wildman–Crippen LogP) is 1.39. The summed E-state index contributed by atoms with van der Waals surface area (Å²) in [6.45, 7) is 3.76. The second-order valence-corrected chi connectivity index (χ2v) is 4.28. The van der Waals surface area contributed by atoms with E-state index >= 15 is 0 Å². The lowest BCUT2D eigenvalue weighted by atomic mass is 10.2. The number of aromatic nitrogens is 2. The zero-order valence-electron chi connectivity index (χ0n) is 8.67. The molecule has 0 saturated carbocycles. The summed E-state index contributed by atoms with van der Waals surface area (Å²) >= 11 is 1.44. The Morgan fingerprint density at radius 3 is 2.87 bits per heavy atom. The summed E-state index contributed by atoms with van der Waals surface area (Å²) in [7, 11) is 0. The minimum atomic E-state index is 0.181. The molecule has 7 heteroatoms. The van der Waals surface area contributed by atoms with Gasteiger partial charge in [-0.15, -0.1) is 10.2 Å². The highest BCUT2D eigenvalue weighted by Gasteiger charge is 2.14. The Labute approximate surface area is 91.9 Å². The molecule has 1 unspecified atom stereocenters. The first-order chi connectivity index (χ1) is 7.15. The summed E-state index contributed by atoms with van der Waals surface area (Å²) in [6.07, 6.45) is 1.38. The molecule has 6 nitrogen and oxygen atoms in total. The molecular weight excluding hydrogens is 216 g/mol. The van der Waals surface area contributed by atoms with Crippen molar-refractivity contribution in [1.29, 1.82) is 0 Å². The van der Waals surface area contributed by atoms with Crippen LogP contribution in [0.5, 0.6) is 0 Å². The van der Waals surface area contributed by atoms with Crippen LogP contribution in [0.15, 0.2) is 14.8 Å². The number of nitrogens with two attached hydrogens (primary N) is 1. The molecule has 0 radical (unpaired) electrons. The van der Waals surface area contributed by atoms with Gasteiger partial charge in [-0.05, 0) is 6.42 Å². The van der Waals surface area contributed by atoms with Crippen LogP contribution in [0.1, 0.15) is 25.7 Å². The van der Waals surface area contributed by atoms with E-state index in [1.807, 2.05) is 6.92 Å². The van der Waals surface area contributed by atoms with Crippen LogP contribution in [0.3, 0.4) is 0 Å². The molecule has 1 aromatic rings. The molecule has 0 spiro atoms. The Bertz CT molecular complexity index is 339. The van der Waals surface area contributed by atoms with E-state index in [9.17, 15) is 0 Å². The molecule has 1 heterocycles. The first-order valence-electron chi connectivity index (χ1n) is 4.58. The topological polar surface area (TPSA) is 97.5 Å². The molecule has 0 aliphatic heterocycles. The number of oxime groups is 1. The third-order valence-corrected chi connectivity index (χ3v) is 3.00. The first-order valence-corrected chi connectivity index (χ1v) is 5.46. The standard InChI is InChI=1S/C8H14N4O2S/c1-3-6(4-7(9)12-13)15-8-11-10-5(2)14-8/h6,13H,3-4H2,1-2H3,(H2,9,12). The monoisotopic (exact) mass is 230 g/mol. The van der Waals surface area contributed by atoms with Gasteiger partial charge in [-0.3, -0.25) is 0 Å². The van der Waals surface area contributed by atoms with Crippen LogP contribution < -0.4 is 5.73 Å². The Morgan fingerprint density at radius 1 is 1.67 bits per heavy atom. The van der Waals surface area contributed by atoms with Crippen molar-refractivity contribution in [2.45, 2.75) is 37.2 Å². The molecule has 0 amide bonds. The highest BCUT2D eigenvalue weighted by Crippen LogP contribution is 2.26. The molecular formula is C8H14N4O2S. The van der Waals surface area contributed by atoms with Crippen molar-refractivity contribution in [3.05, 3.63) is 5.89 Å². The van der Waals surface area contributed by atoms with Crippen LogP contribution in [-0.2, 0) is 0 Å². The summed E-state index contributed by atoms with van der Waals surface area (Å²) in [5.74, 6) is 0.752. The lowest BCUT2D eigenvalue weighted by molar-refractivity contribution is 0.316. The Balaban J connectivity index is 2.54. The van der Waals surface area contributed by atoms with Crippen molar-refractivity contribution in [1.82, 2.24) is 10.2 Å². The fourth-order valence-electron chi connectivity index (χ4n) is 1.01. The second-order valence-electron chi connectivity index (χ2n) is 3.03. The minimum Gasteiger partial charge on any atom is -0.416 e. The minimum absolute atomic E-state index is 0.181. The van der Waals surface area contributed by atoms with Crippen molar-refractivity contribution < 1.29 is 9.62 Å². The van der Waals surface area contributed by atoms with Gasteiger partial charge in [0, 0.05) is 18.6 Å². The van der Waals surface area contributed by atoms with Gasteiger partial charge in [0.2, 0.25) is 5.89 Å². The summed E-state index contributed by atoms with van der Waals surface area (Å²) in [6, 6.07) is 0. The molecule has 1 atom stereocenters. The van der Waals surface area contributed by atoms with Gasteiger partial charge in [-0.1, -0.05) is 23.8 Å². The summed E-state index contributed by atoms with van der Waals surface area (Å²) in [5.41, 5.74) is 5.43. The number of amidine groups is 1. The maximum Gasteiger partial charge on any atom is 0.276 e. The molecule has 0 fully saturated rings. The molecule has 3 N–H and O–H groups in total. The third-order valence-electron chi connectivity index (χ3n) is 1.80. The normalized spacial score (nSPS) is 14.1. The second kappa shape index (κ2) is 5.59. The number of thioether (sulfide) groups is 1. The fourth-order valence-corrected chi connectivity index (χ4v) is 1.97. The van der Waals surface area contributed by atoms with E-state index < -0.39 is 0 Å². The van der Waals surface area contributed by atoms with Crippen LogP contribution in [0.25, 0.3) is 0 Å². The van der Waals surface area contributed by atoms with Crippen LogP contribution in [0.2, 0.25) is 0 Å². The van der Waals surface area contributed by atoms with E-state index in [1.54, 1.807) is 6.92 Å². The lowest BCUT2D eigenvalue weighted by Crippen LogP contribution is -2.18.